The van der Waals surface area contributed by atoms with Gasteiger partial charge in [0, 0.05) is 31.9 Å². The van der Waals surface area contributed by atoms with Crippen LogP contribution in [0.1, 0.15) is 0 Å². The number of hydrogen-bond acceptors (Lipinski definition) is 4. The van der Waals surface area contributed by atoms with Crippen molar-refractivity contribution in [1.82, 2.24) is 0 Å². The molecular weight excluding hydrogens is 276 g/mol. The zero-order chi connectivity index (χ0) is 15.4. The maximum atomic E-state index is 5.47. The van der Waals surface area contributed by atoms with Crippen molar-refractivity contribution in [2.75, 3.05) is 50.2 Å². The van der Waals surface area contributed by atoms with Crippen LogP contribution in [0.5, 0.6) is 11.5 Å². The summed E-state index contributed by atoms with van der Waals surface area (Å²) in [5, 5.41) is 0. The lowest BCUT2D eigenvalue weighted by Crippen LogP contribution is -2.46. The highest BCUT2D eigenvalue weighted by molar-refractivity contribution is 5.60. The molecule has 1 aliphatic rings. The maximum Gasteiger partial charge on any atom is 0.142 e. The molecule has 1 saturated heterocycles. The van der Waals surface area contributed by atoms with Gasteiger partial charge in [0.15, 0.2) is 0 Å². The minimum atomic E-state index is 0.899. The molecule has 0 radical (unpaired) electrons. The molecule has 3 rings (SSSR count). The predicted molar refractivity (Wildman–Crippen MR) is 90.4 cm³/mol. The minimum Gasteiger partial charge on any atom is -0.497 e. The summed E-state index contributed by atoms with van der Waals surface area (Å²) >= 11 is 0. The molecule has 1 aliphatic heterocycles. The van der Waals surface area contributed by atoms with E-state index in [0.717, 1.165) is 37.7 Å². The Morgan fingerprint density at radius 2 is 1.36 bits per heavy atom. The van der Waals surface area contributed by atoms with Crippen LogP contribution in [0.15, 0.2) is 48.5 Å². The molecule has 0 amide bonds. The number of benzene rings is 2. The highest BCUT2D eigenvalue weighted by Crippen LogP contribution is 2.29. The van der Waals surface area contributed by atoms with E-state index in [4.69, 9.17) is 9.47 Å². The van der Waals surface area contributed by atoms with Crippen LogP contribution in [0.25, 0.3) is 0 Å². The first-order chi connectivity index (χ1) is 10.8. The van der Waals surface area contributed by atoms with Gasteiger partial charge in [-0.2, -0.15) is 0 Å². The van der Waals surface area contributed by atoms with Gasteiger partial charge >= 0.3 is 0 Å². The van der Waals surface area contributed by atoms with Gasteiger partial charge in [-0.25, -0.2) is 0 Å². The van der Waals surface area contributed by atoms with Crippen LogP contribution in [0.2, 0.25) is 0 Å². The number of nitrogens with zero attached hydrogens (tertiary/aromatic N) is 2. The summed E-state index contributed by atoms with van der Waals surface area (Å²) in [4.78, 5) is 4.80. The molecule has 2 aromatic carbocycles. The summed E-state index contributed by atoms with van der Waals surface area (Å²) in [5.74, 6) is 1.84. The summed E-state index contributed by atoms with van der Waals surface area (Å²) in [7, 11) is 3.42. The first-order valence-corrected chi connectivity index (χ1v) is 7.59. The second kappa shape index (κ2) is 6.60. The average molecular weight is 298 g/mol. The van der Waals surface area contributed by atoms with Crippen LogP contribution in [-0.2, 0) is 0 Å². The van der Waals surface area contributed by atoms with Crippen LogP contribution in [-0.4, -0.2) is 40.4 Å². The van der Waals surface area contributed by atoms with E-state index < -0.39 is 0 Å². The number of methoxy groups -OCH3 is 2. The van der Waals surface area contributed by atoms with Crippen molar-refractivity contribution in [3.05, 3.63) is 48.5 Å². The van der Waals surface area contributed by atoms with E-state index >= 15 is 0 Å². The maximum absolute atomic E-state index is 5.47. The number of para-hydroxylation sites is 2. The largest absolute Gasteiger partial charge is 0.497 e. The Bertz CT molecular complexity index is 605. The van der Waals surface area contributed by atoms with Gasteiger partial charge in [0.05, 0.1) is 19.9 Å². The summed E-state index contributed by atoms with van der Waals surface area (Å²) < 4.78 is 10.7. The quantitative estimate of drug-likeness (QED) is 0.866. The summed E-state index contributed by atoms with van der Waals surface area (Å²) in [6, 6.07) is 16.5. The SMILES string of the molecule is COc1ccc(N2CCN(c3ccccc3OC)CC2)cc1. The number of hydrogen-bond donors (Lipinski definition) is 0. The fourth-order valence-electron chi connectivity index (χ4n) is 2.89. The van der Waals surface area contributed by atoms with E-state index in [-0.39, 0.29) is 0 Å². The Morgan fingerprint density at radius 1 is 0.727 bits per heavy atom. The molecule has 0 N–H and O–H groups in total. The summed E-state index contributed by atoms with van der Waals surface area (Å²) in [6.07, 6.45) is 0. The molecule has 0 bridgehead atoms. The molecule has 0 atom stereocenters. The van der Waals surface area contributed by atoms with Gasteiger partial charge in [-0.1, -0.05) is 12.1 Å². The third kappa shape index (κ3) is 2.96. The molecule has 0 aliphatic carbocycles. The number of piperazine rings is 1. The van der Waals surface area contributed by atoms with Gasteiger partial charge in [-0.3, -0.25) is 0 Å². The monoisotopic (exact) mass is 298 g/mol. The highest BCUT2D eigenvalue weighted by atomic mass is 16.5. The summed E-state index contributed by atoms with van der Waals surface area (Å²) in [5.41, 5.74) is 2.43. The fraction of sp³-hybridized carbons (Fsp3) is 0.333. The van der Waals surface area contributed by atoms with Gasteiger partial charge in [-0.05, 0) is 36.4 Å². The number of rotatable bonds is 4. The molecular formula is C18H22N2O2. The first-order valence-electron chi connectivity index (χ1n) is 7.59. The molecule has 0 unspecified atom stereocenters. The molecule has 1 fully saturated rings. The van der Waals surface area contributed by atoms with Crippen LogP contribution in [0, 0.1) is 0 Å². The van der Waals surface area contributed by atoms with Crippen molar-refractivity contribution in [3.63, 3.8) is 0 Å². The second-order valence-corrected chi connectivity index (χ2v) is 5.34. The van der Waals surface area contributed by atoms with Crippen LogP contribution >= 0.6 is 0 Å². The van der Waals surface area contributed by atoms with Crippen molar-refractivity contribution in [2.45, 2.75) is 0 Å². The third-order valence-corrected chi connectivity index (χ3v) is 4.14. The lowest BCUT2D eigenvalue weighted by molar-refractivity contribution is 0.413. The van der Waals surface area contributed by atoms with Gasteiger partial charge < -0.3 is 19.3 Å². The second-order valence-electron chi connectivity index (χ2n) is 5.34. The van der Waals surface area contributed by atoms with E-state index in [2.05, 4.69) is 34.1 Å². The topological polar surface area (TPSA) is 24.9 Å². The highest BCUT2D eigenvalue weighted by Gasteiger charge is 2.19. The molecule has 116 valence electrons. The molecule has 0 spiro atoms. The first kappa shape index (κ1) is 14.6. The van der Waals surface area contributed by atoms with Crippen LogP contribution < -0.4 is 19.3 Å². The predicted octanol–water partition coefficient (Wildman–Crippen LogP) is 3.03. The number of anilines is 2. The van der Waals surface area contributed by atoms with Crippen molar-refractivity contribution in [1.29, 1.82) is 0 Å². The molecule has 2 aromatic rings. The van der Waals surface area contributed by atoms with Crippen molar-refractivity contribution >= 4 is 11.4 Å². The van der Waals surface area contributed by atoms with E-state index in [0.29, 0.717) is 0 Å². The molecule has 4 heteroatoms. The Morgan fingerprint density at radius 3 is 2.00 bits per heavy atom. The lowest BCUT2D eigenvalue weighted by atomic mass is 10.2. The Kier molecular flexibility index (Phi) is 4.37. The van der Waals surface area contributed by atoms with Crippen LogP contribution in [0.3, 0.4) is 0 Å². The van der Waals surface area contributed by atoms with Crippen molar-refractivity contribution in [2.24, 2.45) is 0 Å². The molecule has 0 saturated carbocycles. The number of ether oxygens (including phenoxy) is 2. The van der Waals surface area contributed by atoms with Crippen LogP contribution in [0.4, 0.5) is 11.4 Å². The molecule has 1 heterocycles. The normalized spacial score (nSPS) is 14.8. The van der Waals surface area contributed by atoms with Gasteiger partial charge in [0.1, 0.15) is 11.5 Å². The Balaban J connectivity index is 1.67. The van der Waals surface area contributed by atoms with Crippen molar-refractivity contribution in [3.8, 4) is 11.5 Å². The Hall–Kier alpha value is -2.36. The zero-order valence-corrected chi connectivity index (χ0v) is 13.2. The van der Waals surface area contributed by atoms with Crippen molar-refractivity contribution < 1.29 is 9.47 Å². The van der Waals surface area contributed by atoms with Gasteiger partial charge in [0.25, 0.3) is 0 Å². The molecule has 4 nitrogen and oxygen atoms in total. The van der Waals surface area contributed by atoms with E-state index in [1.807, 2.05) is 24.3 Å². The van der Waals surface area contributed by atoms with E-state index in [1.54, 1.807) is 14.2 Å². The smallest absolute Gasteiger partial charge is 0.142 e. The third-order valence-electron chi connectivity index (χ3n) is 4.14. The van der Waals surface area contributed by atoms with E-state index in [1.165, 1.54) is 11.4 Å². The standard InChI is InChI=1S/C18H22N2O2/c1-21-16-9-7-15(8-10-16)19-11-13-20(14-12-19)17-5-3-4-6-18(17)22-2/h3-10H,11-14H2,1-2H3. The van der Waals surface area contributed by atoms with E-state index in [9.17, 15) is 0 Å². The van der Waals surface area contributed by atoms with Gasteiger partial charge in [-0.15, -0.1) is 0 Å². The lowest BCUT2D eigenvalue weighted by Gasteiger charge is -2.37. The summed E-state index contributed by atoms with van der Waals surface area (Å²) in [6.45, 7) is 3.99. The minimum absolute atomic E-state index is 0.899. The Labute approximate surface area is 131 Å². The zero-order valence-electron chi connectivity index (χ0n) is 13.2. The molecule has 0 aromatic heterocycles. The fourth-order valence-corrected chi connectivity index (χ4v) is 2.89. The molecule has 22 heavy (non-hydrogen) atoms. The van der Waals surface area contributed by atoms with Gasteiger partial charge in [0.2, 0.25) is 0 Å². The average Bonchev–Trinajstić information content (AvgIpc) is 2.62.